The largest absolute Gasteiger partial charge is 0.480 e. The first-order valence-electron chi connectivity index (χ1n) is 4.08. The van der Waals surface area contributed by atoms with Crippen LogP contribution in [-0.2, 0) is 14.8 Å². The van der Waals surface area contributed by atoms with Crippen LogP contribution in [0.1, 0.15) is 6.92 Å². The van der Waals surface area contributed by atoms with E-state index in [1.54, 1.807) is 0 Å². The van der Waals surface area contributed by atoms with Gasteiger partial charge in [-0.15, -0.1) is 0 Å². The minimum absolute atomic E-state index is 0.0573. The van der Waals surface area contributed by atoms with E-state index in [1.807, 2.05) is 4.72 Å². The van der Waals surface area contributed by atoms with Crippen LogP contribution >= 0.6 is 0 Å². The lowest BCUT2D eigenvalue weighted by Gasteiger charge is -2.09. The Morgan fingerprint density at radius 2 is 2.27 bits per heavy atom. The zero-order valence-electron chi connectivity index (χ0n) is 7.91. The topological polar surface area (TPSA) is 96.4 Å². The average Bonchev–Trinajstić information content (AvgIpc) is 2.18. The molecular formula is C8H10N2O4S. The molecule has 0 saturated heterocycles. The zero-order valence-corrected chi connectivity index (χ0v) is 8.73. The molecule has 0 aliphatic rings. The van der Waals surface area contributed by atoms with Crippen LogP contribution < -0.4 is 4.72 Å². The standard InChI is InChI=1S/C8H10N2O4S/c1-6(8(11)12)10-15(13,14)7-3-2-4-9-5-7/h2-6,10H,1H3,(H,11,12). The summed E-state index contributed by atoms with van der Waals surface area (Å²) in [7, 11) is -3.80. The summed E-state index contributed by atoms with van der Waals surface area (Å²) in [4.78, 5) is 14.0. The molecule has 0 spiro atoms. The van der Waals surface area contributed by atoms with Crippen molar-refractivity contribution in [2.75, 3.05) is 0 Å². The molecule has 0 aliphatic heterocycles. The van der Waals surface area contributed by atoms with E-state index in [0.29, 0.717) is 0 Å². The second-order valence-corrected chi connectivity index (χ2v) is 4.58. The number of hydrogen-bond acceptors (Lipinski definition) is 4. The van der Waals surface area contributed by atoms with Gasteiger partial charge >= 0.3 is 5.97 Å². The van der Waals surface area contributed by atoms with Gasteiger partial charge in [-0.2, -0.15) is 4.72 Å². The normalized spacial score (nSPS) is 13.4. The van der Waals surface area contributed by atoms with Gasteiger partial charge in [-0.05, 0) is 19.1 Å². The molecule has 1 aromatic rings. The van der Waals surface area contributed by atoms with Crippen LogP contribution in [0.15, 0.2) is 29.4 Å². The van der Waals surface area contributed by atoms with Gasteiger partial charge < -0.3 is 5.11 Å². The van der Waals surface area contributed by atoms with E-state index in [0.717, 1.165) is 6.20 Å². The summed E-state index contributed by atoms with van der Waals surface area (Å²) in [6.07, 6.45) is 2.58. The Kier molecular flexibility index (Phi) is 3.38. The highest BCUT2D eigenvalue weighted by Gasteiger charge is 2.21. The summed E-state index contributed by atoms with van der Waals surface area (Å²) in [5.41, 5.74) is 0. The molecule has 6 nitrogen and oxygen atoms in total. The van der Waals surface area contributed by atoms with E-state index in [2.05, 4.69) is 4.98 Å². The number of aromatic nitrogens is 1. The van der Waals surface area contributed by atoms with E-state index in [9.17, 15) is 13.2 Å². The number of carboxylic acid groups (broad SMARTS) is 1. The Bertz CT molecular complexity index is 443. The minimum Gasteiger partial charge on any atom is -0.480 e. The number of hydrogen-bond donors (Lipinski definition) is 2. The molecule has 15 heavy (non-hydrogen) atoms. The Labute approximate surface area is 87.0 Å². The van der Waals surface area contributed by atoms with E-state index in [1.165, 1.54) is 25.3 Å². The maximum atomic E-state index is 11.5. The van der Waals surface area contributed by atoms with Gasteiger partial charge in [0.1, 0.15) is 10.9 Å². The van der Waals surface area contributed by atoms with Crippen molar-refractivity contribution in [1.82, 2.24) is 9.71 Å². The number of nitrogens with zero attached hydrogens (tertiary/aromatic N) is 1. The van der Waals surface area contributed by atoms with Crippen LogP contribution in [0.4, 0.5) is 0 Å². The van der Waals surface area contributed by atoms with Gasteiger partial charge in [0.2, 0.25) is 10.0 Å². The third-order valence-electron chi connectivity index (χ3n) is 1.65. The lowest BCUT2D eigenvalue weighted by atomic mass is 10.4. The Balaban J connectivity index is 2.91. The van der Waals surface area contributed by atoms with Crippen molar-refractivity contribution < 1.29 is 18.3 Å². The first-order valence-corrected chi connectivity index (χ1v) is 5.57. The number of carboxylic acids is 1. The maximum absolute atomic E-state index is 11.5. The first-order chi connectivity index (χ1) is 6.93. The van der Waals surface area contributed by atoms with Crippen molar-refractivity contribution in [1.29, 1.82) is 0 Å². The molecular weight excluding hydrogens is 220 g/mol. The van der Waals surface area contributed by atoms with Gasteiger partial charge in [0.25, 0.3) is 0 Å². The van der Waals surface area contributed by atoms with Gasteiger partial charge in [0, 0.05) is 12.4 Å². The summed E-state index contributed by atoms with van der Waals surface area (Å²) >= 11 is 0. The highest BCUT2D eigenvalue weighted by Crippen LogP contribution is 2.06. The van der Waals surface area contributed by atoms with Crippen molar-refractivity contribution in [3.63, 3.8) is 0 Å². The highest BCUT2D eigenvalue weighted by molar-refractivity contribution is 7.89. The minimum atomic E-state index is -3.80. The predicted octanol–water partition coefficient (Wildman–Crippen LogP) is -0.167. The van der Waals surface area contributed by atoms with Gasteiger partial charge in [0.15, 0.2) is 0 Å². The van der Waals surface area contributed by atoms with Crippen LogP contribution in [0.25, 0.3) is 0 Å². The Hall–Kier alpha value is -1.47. The molecule has 1 rings (SSSR count). The fourth-order valence-electron chi connectivity index (χ4n) is 0.857. The number of aliphatic carboxylic acids is 1. The van der Waals surface area contributed by atoms with Crippen molar-refractivity contribution in [3.05, 3.63) is 24.5 Å². The smallest absolute Gasteiger partial charge is 0.321 e. The predicted molar refractivity (Wildman–Crippen MR) is 51.7 cm³/mol. The fourth-order valence-corrected chi connectivity index (χ4v) is 2.02. The summed E-state index contributed by atoms with van der Waals surface area (Å²) in [5, 5.41) is 8.55. The lowest BCUT2D eigenvalue weighted by Crippen LogP contribution is -2.38. The van der Waals surface area contributed by atoms with E-state index in [-0.39, 0.29) is 4.90 Å². The van der Waals surface area contributed by atoms with Gasteiger partial charge in [-0.3, -0.25) is 9.78 Å². The van der Waals surface area contributed by atoms with Crippen molar-refractivity contribution >= 4 is 16.0 Å². The van der Waals surface area contributed by atoms with Crippen LogP contribution in [-0.4, -0.2) is 30.5 Å². The van der Waals surface area contributed by atoms with Gasteiger partial charge in [0.05, 0.1) is 0 Å². The molecule has 0 aliphatic carbocycles. The maximum Gasteiger partial charge on any atom is 0.321 e. The molecule has 0 amide bonds. The van der Waals surface area contributed by atoms with Crippen molar-refractivity contribution in [2.24, 2.45) is 0 Å². The number of rotatable bonds is 4. The quantitative estimate of drug-likeness (QED) is 0.748. The van der Waals surface area contributed by atoms with Crippen LogP contribution in [0.3, 0.4) is 0 Å². The van der Waals surface area contributed by atoms with Crippen LogP contribution in [0.5, 0.6) is 0 Å². The SMILES string of the molecule is CC(NS(=O)(=O)c1cccnc1)C(=O)O. The molecule has 0 saturated carbocycles. The molecule has 1 heterocycles. The zero-order chi connectivity index (χ0) is 11.5. The highest BCUT2D eigenvalue weighted by atomic mass is 32.2. The summed E-state index contributed by atoms with van der Waals surface area (Å²) in [5.74, 6) is -1.23. The monoisotopic (exact) mass is 230 g/mol. The Morgan fingerprint density at radius 3 is 2.73 bits per heavy atom. The molecule has 2 N–H and O–H groups in total. The summed E-state index contributed by atoms with van der Waals surface area (Å²) in [6.45, 7) is 1.25. The average molecular weight is 230 g/mol. The van der Waals surface area contributed by atoms with Crippen molar-refractivity contribution in [2.45, 2.75) is 17.9 Å². The third kappa shape index (κ3) is 3.00. The van der Waals surface area contributed by atoms with Gasteiger partial charge in [-0.25, -0.2) is 8.42 Å². The molecule has 1 aromatic heterocycles. The van der Waals surface area contributed by atoms with Gasteiger partial charge in [-0.1, -0.05) is 0 Å². The molecule has 0 bridgehead atoms. The van der Waals surface area contributed by atoms with E-state index < -0.39 is 22.0 Å². The number of sulfonamides is 1. The molecule has 7 heteroatoms. The van der Waals surface area contributed by atoms with Crippen LogP contribution in [0.2, 0.25) is 0 Å². The van der Waals surface area contributed by atoms with Crippen molar-refractivity contribution in [3.8, 4) is 0 Å². The molecule has 82 valence electrons. The lowest BCUT2D eigenvalue weighted by molar-refractivity contribution is -0.138. The van der Waals surface area contributed by atoms with Crippen LogP contribution in [0, 0.1) is 0 Å². The third-order valence-corrected chi connectivity index (χ3v) is 3.17. The molecule has 0 fully saturated rings. The number of carbonyl (C=O) groups is 1. The number of nitrogens with one attached hydrogen (secondary N) is 1. The number of pyridine rings is 1. The molecule has 0 radical (unpaired) electrons. The fraction of sp³-hybridized carbons (Fsp3) is 0.250. The van der Waals surface area contributed by atoms with E-state index in [4.69, 9.17) is 5.11 Å². The first kappa shape index (κ1) is 11.6. The second-order valence-electron chi connectivity index (χ2n) is 2.87. The molecule has 1 atom stereocenters. The summed E-state index contributed by atoms with van der Waals surface area (Å²) < 4.78 is 25.1. The Morgan fingerprint density at radius 1 is 1.60 bits per heavy atom. The summed E-state index contributed by atoms with van der Waals surface area (Å²) in [6, 6.07) is 1.62. The molecule has 1 unspecified atom stereocenters. The molecule has 0 aromatic carbocycles. The second kappa shape index (κ2) is 4.37. The van der Waals surface area contributed by atoms with E-state index >= 15 is 0 Å².